The molecule has 4 rings (SSSR count). The van der Waals surface area contributed by atoms with Crippen LogP contribution in [0.5, 0.6) is 0 Å². The number of thiol groups is 1. The van der Waals surface area contributed by atoms with Crippen LogP contribution in [0.2, 0.25) is 0 Å². The first-order chi connectivity index (χ1) is 9.84. The summed E-state index contributed by atoms with van der Waals surface area (Å²) in [6.45, 7) is 0. The zero-order valence-electron chi connectivity index (χ0n) is 10.8. The van der Waals surface area contributed by atoms with Crippen LogP contribution in [0, 0.1) is 5.82 Å². The molecule has 0 bridgehead atoms. The predicted molar refractivity (Wildman–Crippen MR) is 82.1 cm³/mol. The molecule has 1 aliphatic heterocycles. The van der Waals surface area contributed by atoms with Crippen molar-refractivity contribution in [3.63, 3.8) is 0 Å². The van der Waals surface area contributed by atoms with Crippen LogP contribution in [0.4, 0.5) is 4.39 Å². The van der Waals surface area contributed by atoms with E-state index in [4.69, 9.17) is 0 Å². The lowest BCUT2D eigenvalue weighted by Crippen LogP contribution is -1.83. The Kier molecular flexibility index (Phi) is 2.64. The summed E-state index contributed by atoms with van der Waals surface area (Å²) in [4.78, 5) is 3.95. The molecule has 20 heavy (non-hydrogen) atoms. The Morgan fingerprint density at radius 1 is 0.600 bits per heavy atom. The lowest BCUT2D eigenvalue weighted by molar-refractivity contribution is 0.626. The molecule has 0 radical (unpaired) electrons. The van der Waals surface area contributed by atoms with Crippen molar-refractivity contribution >= 4 is 10.9 Å². The molecule has 0 fully saturated rings. The number of benzene rings is 3. The Morgan fingerprint density at radius 2 is 1.10 bits per heavy atom. The van der Waals surface area contributed by atoms with Crippen molar-refractivity contribution in [1.82, 2.24) is 0 Å². The Hall–Kier alpha value is -2.06. The normalized spacial score (nSPS) is 13.9. The summed E-state index contributed by atoms with van der Waals surface area (Å²) in [5, 5.41) is 0. The van der Waals surface area contributed by atoms with Crippen molar-refractivity contribution in [2.45, 2.75) is 14.7 Å². The van der Waals surface area contributed by atoms with Crippen molar-refractivity contribution in [1.29, 1.82) is 0 Å². The predicted octanol–water partition coefficient (Wildman–Crippen LogP) is 5.28. The summed E-state index contributed by atoms with van der Waals surface area (Å²) >= 11 is 0. The van der Waals surface area contributed by atoms with Gasteiger partial charge >= 0.3 is 0 Å². The van der Waals surface area contributed by atoms with E-state index >= 15 is 0 Å². The fourth-order valence-electron chi connectivity index (χ4n) is 2.79. The number of rotatable bonds is 1. The van der Waals surface area contributed by atoms with Crippen molar-refractivity contribution in [3.8, 4) is 11.1 Å². The maximum Gasteiger partial charge on any atom is 0.123 e. The third-order valence-electron chi connectivity index (χ3n) is 3.66. The molecule has 2 heteroatoms. The van der Waals surface area contributed by atoms with Gasteiger partial charge in [-0.15, -0.1) is 0 Å². The quantitative estimate of drug-likeness (QED) is 0.450. The molecule has 0 atom stereocenters. The summed E-state index contributed by atoms with van der Waals surface area (Å²) in [5.74, 6) is -0.176. The zero-order chi connectivity index (χ0) is 13.5. The smallest absolute Gasteiger partial charge is 0.123 e. The molecule has 1 aliphatic rings. The molecule has 0 aromatic heterocycles. The summed E-state index contributed by atoms with van der Waals surface area (Å²) in [7, 11) is -0.551. The Labute approximate surface area is 120 Å². The van der Waals surface area contributed by atoms with Crippen LogP contribution >= 0.6 is 10.9 Å². The van der Waals surface area contributed by atoms with Crippen molar-refractivity contribution in [2.75, 3.05) is 0 Å². The highest BCUT2D eigenvalue weighted by atomic mass is 32.2. The molecular formula is C18H13FS. The van der Waals surface area contributed by atoms with Gasteiger partial charge in [0, 0.05) is 9.79 Å². The minimum Gasteiger partial charge on any atom is -0.207 e. The molecule has 0 nitrogen and oxygen atoms in total. The molecule has 3 aromatic rings. The van der Waals surface area contributed by atoms with Gasteiger partial charge in [-0.1, -0.05) is 36.4 Å². The first-order valence-electron chi connectivity index (χ1n) is 6.59. The van der Waals surface area contributed by atoms with Crippen LogP contribution in [0.15, 0.2) is 87.5 Å². The monoisotopic (exact) mass is 280 g/mol. The van der Waals surface area contributed by atoms with Crippen LogP contribution in [-0.4, -0.2) is 0 Å². The SMILES string of the molecule is Fc1ccc([SH]2c3ccccc3-c3ccccc32)cc1. The average Bonchev–Trinajstić information content (AvgIpc) is 2.83. The summed E-state index contributed by atoms with van der Waals surface area (Å²) < 4.78 is 13.2. The Balaban J connectivity index is 1.97. The second kappa shape index (κ2) is 4.50. The topological polar surface area (TPSA) is 0 Å². The van der Waals surface area contributed by atoms with E-state index in [0.717, 1.165) is 0 Å². The minimum atomic E-state index is -0.551. The van der Waals surface area contributed by atoms with E-state index in [1.165, 1.54) is 25.8 Å². The van der Waals surface area contributed by atoms with Crippen LogP contribution in [0.1, 0.15) is 0 Å². The van der Waals surface area contributed by atoms with Crippen LogP contribution in [0.3, 0.4) is 0 Å². The van der Waals surface area contributed by atoms with E-state index < -0.39 is 10.9 Å². The molecule has 0 spiro atoms. The molecule has 98 valence electrons. The molecule has 1 heterocycles. The highest BCUT2D eigenvalue weighted by Gasteiger charge is 2.26. The van der Waals surface area contributed by atoms with E-state index in [9.17, 15) is 4.39 Å². The number of fused-ring (bicyclic) bond motifs is 3. The van der Waals surface area contributed by atoms with Gasteiger partial charge in [0.2, 0.25) is 0 Å². The van der Waals surface area contributed by atoms with Gasteiger partial charge in [0.1, 0.15) is 5.82 Å². The van der Waals surface area contributed by atoms with E-state index in [-0.39, 0.29) is 5.82 Å². The molecule has 0 aliphatic carbocycles. The molecular weight excluding hydrogens is 267 g/mol. The standard InChI is InChI=1S/C18H13FS/c19-13-9-11-14(12-10-13)20-17-7-3-1-5-15(17)16-6-2-4-8-18(16)20/h1-12,20H. The van der Waals surface area contributed by atoms with Gasteiger partial charge in [-0.3, -0.25) is 0 Å². The second-order valence-corrected chi connectivity index (χ2v) is 7.00. The highest BCUT2D eigenvalue weighted by Crippen LogP contribution is 2.62. The highest BCUT2D eigenvalue weighted by molar-refractivity contribution is 8.17. The van der Waals surface area contributed by atoms with E-state index in [0.29, 0.717) is 0 Å². The van der Waals surface area contributed by atoms with E-state index in [1.54, 1.807) is 12.1 Å². The first-order valence-corrected chi connectivity index (χ1v) is 7.93. The summed E-state index contributed by atoms with van der Waals surface area (Å²) in [5.41, 5.74) is 2.64. The molecule has 0 saturated heterocycles. The lowest BCUT2D eigenvalue weighted by Gasteiger charge is -2.18. The molecule has 0 saturated carbocycles. The molecule has 0 unspecified atom stereocenters. The molecule has 3 aromatic carbocycles. The molecule has 0 N–H and O–H groups in total. The van der Waals surface area contributed by atoms with E-state index in [1.807, 2.05) is 12.1 Å². The van der Waals surface area contributed by atoms with Gasteiger partial charge in [0.25, 0.3) is 0 Å². The average molecular weight is 280 g/mol. The van der Waals surface area contributed by atoms with Crippen molar-refractivity contribution in [3.05, 3.63) is 78.6 Å². The second-order valence-electron chi connectivity index (χ2n) is 4.85. The van der Waals surface area contributed by atoms with Gasteiger partial charge in [0.15, 0.2) is 0 Å². The van der Waals surface area contributed by atoms with Crippen molar-refractivity contribution in [2.24, 2.45) is 0 Å². The van der Waals surface area contributed by atoms with Gasteiger partial charge in [-0.2, -0.15) is 10.9 Å². The largest absolute Gasteiger partial charge is 0.207 e. The number of halogens is 1. The van der Waals surface area contributed by atoms with Gasteiger partial charge < -0.3 is 0 Å². The zero-order valence-corrected chi connectivity index (χ0v) is 11.6. The third-order valence-corrected chi connectivity index (χ3v) is 6.22. The van der Waals surface area contributed by atoms with Crippen LogP contribution < -0.4 is 0 Å². The first kappa shape index (κ1) is 11.7. The maximum absolute atomic E-state index is 13.2. The lowest BCUT2D eigenvalue weighted by atomic mass is 10.1. The molecule has 0 amide bonds. The van der Waals surface area contributed by atoms with Crippen LogP contribution in [-0.2, 0) is 0 Å². The minimum absolute atomic E-state index is 0.176. The Morgan fingerprint density at radius 3 is 1.65 bits per heavy atom. The van der Waals surface area contributed by atoms with Gasteiger partial charge in [0.05, 0.1) is 0 Å². The Bertz CT molecular complexity index is 732. The van der Waals surface area contributed by atoms with Gasteiger partial charge in [-0.05, 0) is 52.4 Å². The summed E-state index contributed by atoms with van der Waals surface area (Å²) in [6, 6.07) is 24.0. The summed E-state index contributed by atoms with van der Waals surface area (Å²) in [6.07, 6.45) is 0. The number of hydrogen-bond acceptors (Lipinski definition) is 0. The fourth-order valence-corrected chi connectivity index (χ4v) is 5.40. The maximum atomic E-state index is 13.2. The van der Waals surface area contributed by atoms with Crippen LogP contribution in [0.25, 0.3) is 11.1 Å². The van der Waals surface area contributed by atoms with Crippen molar-refractivity contribution < 1.29 is 4.39 Å². The fraction of sp³-hybridized carbons (Fsp3) is 0. The van der Waals surface area contributed by atoms with Gasteiger partial charge in [-0.25, -0.2) is 4.39 Å². The van der Waals surface area contributed by atoms with E-state index in [2.05, 4.69) is 48.5 Å². The third kappa shape index (κ3) is 1.69. The number of hydrogen-bond donors (Lipinski definition) is 1.